The summed E-state index contributed by atoms with van der Waals surface area (Å²) in [5.41, 5.74) is -0.164. The smallest absolute Gasteiger partial charge is 0.133 e. The van der Waals surface area contributed by atoms with Crippen LogP contribution < -0.4 is 4.74 Å². The van der Waals surface area contributed by atoms with E-state index >= 15 is 0 Å². The average molecular weight is 270 g/mol. The molecule has 0 spiro atoms. The summed E-state index contributed by atoms with van der Waals surface area (Å²) in [6.07, 6.45) is 1.45. The second-order valence-electron chi connectivity index (χ2n) is 3.66. The first-order valence-electron chi connectivity index (χ1n) is 4.58. The van der Waals surface area contributed by atoms with Gasteiger partial charge in [0.25, 0.3) is 0 Å². The van der Waals surface area contributed by atoms with E-state index in [1.807, 2.05) is 0 Å². The second kappa shape index (κ2) is 3.49. The van der Waals surface area contributed by atoms with Crippen molar-refractivity contribution in [2.75, 3.05) is 7.11 Å². The molecule has 0 bridgehead atoms. The van der Waals surface area contributed by atoms with Gasteiger partial charge in [0.05, 0.1) is 23.1 Å². The summed E-state index contributed by atoms with van der Waals surface area (Å²) in [7, 11) is 1.52. The third-order valence-electron chi connectivity index (χ3n) is 2.72. The Bertz CT molecular complexity index is 449. The van der Waals surface area contributed by atoms with Gasteiger partial charge in [-0.15, -0.1) is 0 Å². The van der Waals surface area contributed by atoms with Crippen molar-refractivity contribution in [1.29, 1.82) is 5.26 Å². The maximum absolute atomic E-state index is 13.7. The van der Waals surface area contributed by atoms with Crippen molar-refractivity contribution < 1.29 is 9.13 Å². The Kier molecular flexibility index (Phi) is 2.43. The maximum Gasteiger partial charge on any atom is 0.133 e. The molecule has 1 fully saturated rings. The van der Waals surface area contributed by atoms with Gasteiger partial charge in [0.15, 0.2) is 0 Å². The van der Waals surface area contributed by atoms with Crippen LogP contribution >= 0.6 is 15.9 Å². The number of nitrogens with zero attached hydrogens (tertiary/aromatic N) is 1. The Hall–Kier alpha value is -1.08. The number of methoxy groups -OCH3 is 1. The summed E-state index contributed by atoms with van der Waals surface area (Å²) >= 11 is 3.20. The van der Waals surface area contributed by atoms with Gasteiger partial charge in [0.1, 0.15) is 11.6 Å². The molecule has 0 saturated heterocycles. The number of hydrogen-bond donors (Lipinski definition) is 0. The molecule has 1 saturated carbocycles. The number of halogens is 2. The molecule has 1 aliphatic carbocycles. The molecular weight excluding hydrogens is 261 g/mol. The predicted molar refractivity (Wildman–Crippen MR) is 57.2 cm³/mol. The minimum absolute atomic E-state index is 0.346. The van der Waals surface area contributed by atoms with E-state index in [1.165, 1.54) is 13.2 Å². The lowest BCUT2D eigenvalue weighted by Crippen LogP contribution is -2.06. The third-order valence-corrected chi connectivity index (χ3v) is 3.34. The molecule has 4 heteroatoms. The van der Waals surface area contributed by atoms with Crippen LogP contribution in [0.5, 0.6) is 5.75 Å². The van der Waals surface area contributed by atoms with Gasteiger partial charge in [-0.2, -0.15) is 5.26 Å². The number of nitriles is 1. The van der Waals surface area contributed by atoms with Crippen molar-refractivity contribution in [3.05, 3.63) is 28.0 Å². The molecule has 0 amide bonds. The summed E-state index contributed by atoms with van der Waals surface area (Å²) in [4.78, 5) is 0. The van der Waals surface area contributed by atoms with E-state index < -0.39 is 5.41 Å². The zero-order valence-corrected chi connectivity index (χ0v) is 9.77. The summed E-state index contributed by atoms with van der Waals surface area (Å²) in [6, 6.07) is 5.13. The molecule has 2 rings (SSSR count). The fraction of sp³-hybridized carbons (Fsp3) is 0.364. The lowest BCUT2D eigenvalue weighted by molar-refractivity contribution is 0.409. The Labute approximate surface area is 95.8 Å². The van der Waals surface area contributed by atoms with Crippen LogP contribution in [0, 0.1) is 17.1 Å². The Morgan fingerprint density at radius 3 is 2.67 bits per heavy atom. The summed E-state index contributed by atoms with van der Waals surface area (Å²) in [5.74, 6) is 0.217. The fourth-order valence-corrected chi connectivity index (χ4v) is 2.10. The van der Waals surface area contributed by atoms with E-state index in [2.05, 4.69) is 22.0 Å². The van der Waals surface area contributed by atoms with Gasteiger partial charge < -0.3 is 4.74 Å². The highest BCUT2D eigenvalue weighted by Gasteiger charge is 2.47. The van der Waals surface area contributed by atoms with Gasteiger partial charge in [-0.25, -0.2) is 4.39 Å². The summed E-state index contributed by atoms with van der Waals surface area (Å²) in [5, 5.41) is 9.00. The summed E-state index contributed by atoms with van der Waals surface area (Å²) in [6.45, 7) is 0. The monoisotopic (exact) mass is 269 g/mol. The van der Waals surface area contributed by atoms with Crippen LogP contribution in [0.2, 0.25) is 0 Å². The van der Waals surface area contributed by atoms with Crippen LogP contribution in [-0.2, 0) is 5.41 Å². The highest BCUT2D eigenvalue weighted by atomic mass is 79.9. The SMILES string of the molecule is COc1cc(C2(C#N)CC2)c(F)cc1Br. The van der Waals surface area contributed by atoms with E-state index in [0.29, 0.717) is 15.8 Å². The van der Waals surface area contributed by atoms with Gasteiger partial charge in [-0.3, -0.25) is 0 Å². The molecule has 1 aliphatic rings. The van der Waals surface area contributed by atoms with Gasteiger partial charge in [-0.1, -0.05) is 0 Å². The van der Waals surface area contributed by atoms with Gasteiger partial charge in [0.2, 0.25) is 0 Å². The molecule has 1 aromatic carbocycles. The molecular formula is C11H9BrFNO. The van der Waals surface area contributed by atoms with Crippen LogP contribution in [0.15, 0.2) is 16.6 Å². The second-order valence-corrected chi connectivity index (χ2v) is 4.51. The Morgan fingerprint density at radius 2 is 2.20 bits per heavy atom. The molecule has 15 heavy (non-hydrogen) atoms. The molecule has 0 heterocycles. The Balaban J connectivity index is 2.54. The van der Waals surface area contributed by atoms with Gasteiger partial charge in [-0.05, 0) is 40.9 Å². The molecule has 0 radical (unpaired) electrons. The third kappa shape index (κ3) is 1.61. The zero-order chi connectivity index (χ0) is 11.1. The minimum Gasteiger partial charge on any atom is -0.496 e. The van der Waals surface area contributed by atoms with Gasteiger partial charge in [0, 0.05) is 5.56 Å². The zero-order valence-electron chi connectivity index (χ0n) is 8.18. The van der Waals surface area contributed by atoms with E-state index in [9.17, 15) is 4.39 Å². The number of hydrogen-bond acceptors (Lipinski definition) is 2. The standard InChI is InChI=1S/C11H9BrFNO/c1-15-10-4-7(9(13)5-8(10)12)11(6-14)2-3-11/h4-5H,2-3H2,1H3. The first-order chi connectivity index (χ1) is 7.13. The highest BCUT2D eigenvalue weighted by molar-refractivity contribution is 9.10. The van der Waals surface area contributed by atoms with Crippen molar-refractivity contribution in [3.8, 4) is 11.8 Å². The minimum atomic E-state index is -0.613. The van der Waals surface area contributed by atoms with Crippen molar-refractivity contribution in [1.82, 2.24) is 0 Å². The quantitative estimate of drug-likeness (QED) is 0.827. The van der Waals surface area contributed by atoms with Crippen LogP contribution in [0.3, 0.4) is 0 Å². The first kappa shape index (κ1) is 10.4. The predicted octanol–water partition coefficient (Wildman–Crippen LogP) is 3.15. The maximum atomic E-state index is 13.7. The van der Waals surface area contributed by atoms with E-state index in [1.54, 1.807) is 6.07 Å². The van der Waals surface area contributed by atoms with Crippen LogP contribution in [-0.4, -0.2) is 7.11 Å². The lowest BCUT2D eigenvalue weighted by atomic mass is 9.97. The van der Waals surface area contributed by atoms with Crippen LogP contribution in [0.1, 0.15) is 18.4 Å². The number of benzene rings is 1. The van der Waals surface area contributed by atoms with E-state index in [4.69, 9.17) is 10.00 Å². The fourth-order valence-electron chi connectivity index (χ4n) is 1.62. The van der Waals surface area contributed by atoms with E-state index in [-0.39, 0.29) is 5.82 Å². The molecule has 2 nitrogen and oxygen atoms in total. The van der Waals surface area contributed by atoms with Crippen molar-refractivity contribution in [2.24, 2.45) is 0 Å². The molecule has 1 aromatic rings. The van der Waals surface area contributed by atoms with Crippen molar-refractivity contribution in [2.45, 2.75) is 18.3 Å². The lowest BCUT2D eigenvalue weighted by Gasteiger charge is -2.11. The van der Waals surface area contributed by atoms with Gasteiger partial charge >= 0.3 is 0 Å². The normalized spacial score (nSPS) is 16.9. The average Bonchev–Trinajstić information content (AvgIpc) is 2.99. The highest BCUT2D eigenvalue weighted by Crippen LogP contribution is 2.49. The van der Waals surface area contributed by atoms with Crippen LogP contribution in [0.4, 0.5) is 4.39 Å². The summed E-state index contributed by atoms with van der Waals surface area (Å²) < 4.78 is 19.3. The van der Waals surface area contributed by atoms with Crippen molar-refractivity contribution >= 4 is 15.9 Å². The van der Waals surface area contributed by atoms with Crippen molar-refractivity contribution in [3.63, 3.8) is 0 Å². The first-order valence-corrected chi connectivity index (χ1v) is 5.37. The number of rotatable bonds is 2. The van der Waals surface area contributed by atoms with Crippen LogP contribution in [0.25, 0.3) is 0 Å². The topological polar surface area (TPSA) is 33.0 Å². The largest absolute Gasteiger partial charge is 0.496 e. The molecule has 0 atom stereocenters. The van der Waals surface area contributed by atoms with E-state index in [0.717, 1.165) is 12.8 Å². The molecule has 78 valence electrons. The molecule has 0 unspecified atom stereocenters. The molecule has 0 N–H and O–H groups in total. The molecule has 0 aromatic heterocycles. The number of ether oxygens (including phenoxy) is 1. The Morgan fingerprint density at radius 1 is 1.53 bits per heavy atom. The molecule has 0 aliphatic heterocycles.